The SMILES string of the molecule is Nc1scc(C(=O)O)[nH]c(=S)ccocc2ccccc12. The zero-order chi connectivity index (χ0) is 15.2. The Morgan fingerprint density at radius 1 is 1.33 bits per heavy atom. The first-order valence-electron chi connectivity index (χ1n) is 5.86. The number of hydrogen-bond donors (Lipinski definition) is 3. The molecule has 4 N–H and O–H groups in total. The van der Waals surface area contributed by atoms with Gasteiger partial charge in [-0.25, -0.2) is 4.79 Å². The van der Waals surface area contributed by atoms with Crippen LogP contribution >= 0.6 is 23.6 Å². The Morgan fingerprint density at radius 3 is 2.86 bits per heavy atom. The van der Waals surface area contributed by atoms with Crippen molar-refractivity contribution < 1.29 is 14.3 Å². The average Bonchev–Trinajstić information content (AvgIpc) is 2.46. The maximum Gasteiger partial charge on any atom is 0.353 e. The number of carboxylic acid groups (broad SMARTS) is 1. The van der Waals surface area contributed by atoms with Crippen LogP contribution in [0.3, 0.4) is 0 Å². The summed E-state index contributed by atoms with van der Waals surface area (Å²) in [7, 11) is 0. The number of benzene rings is 1. The minimum atomic E-state index is -1.12. The number of nitrogens with one attached hydrogen (secondary N) is 1. The Bertz CT molecular complexity index is 833. The van der Waals surface area contributed by atoms with E-state index in [1.807, 2.05) is 24.3 Å². The van der Waals surface area contributed by atoms with E-state index in [1.165, 1.54) is 17.7 Å². The van der Waals surface area contributed by atoms with E-state index in [0.717, 1.165) is 22.1 Å². The Hall–Kier alpha value is -2.38. The first-order valence-corrected chi connectivity index (χ1v) is 7.15. The highest BCUT2D eigenvalue weighted by Gasteiger charge is 2.00. The van der Waals surface area contributed by atoms with Gasteiger partial charge in [0.25, 0.3) is 0 Å². The van der Waals surface area contributed by atoms with E-state index in [4.69, 9.17) is 27.5 Å². The van der Waals surface area contributed by atoms with Gasteiger partial charge < -0.3 is 20.2 Å². The average molecular weight is 320 g/mol. The van der Waals surface area contributed by atoms with Gasteiger partial charge in [0.15, 0.2) is 0 Å². The lowest BCUT2D eigenvalue weighted by Crippen LogP contribution is -1.97. The van der Waals surface area contributed by atoms with Crippen LogP contribution in [0.5, 0.6) is 0 Å². The second-order valence-corrected chi connectivity index (χ2v) is 5.30. The molecule has 1 aromatic carbocycles. The summed E-state index contributed by atoms with van der Waals surface area (Å²) in [5.41, 5.74) is 5.96. The summed E-state index contributed by atoms with van der Waals surface area (Å²) < 4.78 is 5.50. The van der Waals surface area contributed by atoms with Crippen molar-refractivity contribution >= 4 is 45.3 Å². The third kappa shape index (κ3) is 4.04. The number of hydrogen-bond acceptors (Lipinski definition) is 5. The van der Waals surface area contributed by atoms with Crippen molar-refractivity contribution in [2.45, 2.75) is 0 Å². The lowest BCUT2D eigenvalue weighted by molar-refractivity contribution is 0.0691. The van der Waals surface area contributed by atoms with Crippen molar-refractivity contribution in [3.05, 3.63) is 58.6 Å². The summed E-state index contributed by atoms with van der Waals surface area (Å²) in [4.78, 5) is 13.8. The second-order valence-electron chi connectivity index (χ2n) is 3.95. The summed E-state index contributed by atoms with van der Waals surface area (Å²) in [5.74, 6) is -1.12. The van der Waals surface area contributed by atoms with Crippen LogP contribution in [0.4, 0.5) is 5.00 Å². The molecule has 7 heteroatoms. The van der Waals surface area contributed by atoms with Gasteiger partial charge in [0, 0.05) is 22.2 Å². The predicted octanol–water partition coefficient (Wildman–Crippen LogP) is 4.08. The fraction of sp³-hybridized carbons (Fsp3) is 0. The van der Waals surface area contributed by atoms with E-state index in [0.29, 0.717) is 5.00 Å². The van der Waals surface area contributed by atoms with E-state index in [-0.39, 0.29) is 10.3 Å². The van der Waals surface area contributed by atoms with Crippen LogP contribution < -0.4 is 5.73 Å². The van der Waals surface area contributed by atoms with Gasteiger partial charge in [-0.05, 0) is 0 Å². The first-order chi connectivity index (χ1) is 10.1. The Morgan fingerprint density at radius 2 is 2.10 bits per heavy atom. The van der Waals surface area contributed by atoms with E-state index >= 15 is 0 Å². The van der Waals surface area contributed by atoms with Crippen molar-refractivity contribution in [3.8, 4) is 0 Å². The summed E-state index contributed by atoms with van der Waals surface area (Å²) in [5, 5.41) is 12.6. The largest absolute Gasteiger partial charge is 0.477 e. The zero-order valence-electron chi connectivity index (χ0n) is 10.8. The molecule has 2 rings (SSSR count). The number of aromatic amines is 1. The van der Waals surface area contributed by atoms with Crippen LogP contribution in [-0.2, 0) is 0 Å². The monoisotopic (exact) mass is 320 g/mol. The molecule has 21 heavy (non-hydrogen) atoms. The zero-order valence-corrected chi connectivity index (χ0v) is 12.4. The fourth-order valence-corrected chi connectivity index (χ4v) is 2.41. The number of anilines is 1. The van der Waals surface area contributed by atoms with E-state index in [2.05, 4.69) is 4.98 Å². The van der Waals surface area contributed by atoms with Crippen LogP contribution in [0, 0.1) is 4.64 Å². The highest BCUT2D eigenvalue weighted by atomic mass is 32.1. The number of aromatic carboxylic acids is 1. The Labute approximate surface area is 129 Å². The number of carbonyl (C=O) groups is 1. The number of nitrogen functional groups attached to an aromatic ring is 1. The van der Waals surface area contributed by atoms with Crippen molar-refractivity contribution in [1.82, 2.24) is 4.98 Å². The van der Waals surface area contributed by atoms with Crippen LogP contribution in [0.2, 0.25) is 0 Å². The summed E-state index contributed by atoms with van der Waals surface area (Å²) in [6, 6.07) is 8.85. The molecule has 0 radical (unpaired) electrons. The van der Waals surface area contributed by atoms with E-state index in [1.54, 1.807) is 6.26 Å². The highest BCUT2D eigenvalue weighted by molar-refractivity contribution is 7.71. The molecule has 0 spiro atoms. The summed E-state index contributed by atoms with van der Waals surface area (Å²) in [6.07, 6.45) is 2.92. The molecule has 0 atom stereocenters. The van der Waals surface area contributed by atoms with E-state index in [9.17, 15) is 4.79 Å². The summed E-state index contributed by atoms with van der Waals surface area (Å²) in [6.45, 7) is 0. The molecular formula is C14H12N2O3S2. The molecule has 108 valence electrons. The molecule has 0 aliphatic carbocycles. The number of fused-ring (bicyclic) bond motifs is 1. The van der Waals surface area contributed by atoms with Crippen molar-refractivity contribution in [2.75, 3.05) is 5.73 Å². The molecule has 0 fully saturated rings. The summed E-state index contributed by atoms with van der Waals surface area (Å²) >= 11 is 6.10. The Kier molecular flexibility index (Phi) is 4.91. The van der Waals surface area contributed by atoms with Gasteiger partial charge in [0.05, 0.1) is 17.5 Å². The van der Waals surface area contributed by atoms with Gasteiger partial charge in [0.2, 0.25) is 0 Å². The quantitative estimate of drug-likeness (QED) is 0.688. The predicted molar refractivity (Wildman–Crippen MR) is 85.9 cm³/mol. The minimum Gasteiger partial charge on any atom is -0.477 e. The number of aromatic nitrogens is 1. The number of rotatable bonds is 1. The second kappa shape index (κ2) is 6.87. The lowest BCUT2D eigenvalue weighted by Gasteiger charge is -1.96. The number of H-pyrrole nitrogens is 1. The van der Waals surface area contributed by atoms with Gasteiger partial charge in [-0.1, -0.05) is 36.5 Å². The maximum absolute atomic E-state index is 11.2. The number of carboxylic acids is 1. The third-order valence-electron chi connectivity index (χ3n) is 2.51. The normalized spacial score (nSPS) is 9.71. The molecule has 0 aliphatic heterocycles. The molecule has 1 heterocycles. The van der Waals surface area contributed by atoms with Crippen molar-refractivity contribution in [1.29, 1.82) is 0 Å². The molecule has 2 aromatic rings. The minimum absolute atomic E-state index is 0.0559. The van der Waals surface area contributed by atoms with Gasteiger partial charge in [0.1, 0.15) is 10.3 Å². The molecule has 0 amide bonds. The van der Waals surface area contributed by atoms with Gasteiger partial charge >= 0.3 is 5.97 Å². The van der Waals surface area contributed by atoms with Crippen molar-refractivity contribution in [3.63, 3.8) is 0 Å². The number of nitrogens with two attached hydrogens (primary N) is 1. The van der Waals surface area contributed by atoms with Crippen LogP contribution in [0.15, 0.2) is 52.7 Å². The molecule has 5 nitrogen and oxygen atoms in total. The third-order valence-corrected chi connectivity index (χ3v) is 3.58. The van der Waals surface area contributed by atoms with Gasteiger partial charge in [-0.3, -0.25) is 0 Å². The standard InChI is InChI=1S/C14H12N2O3S2/c15-13-10-4-2-1-3-9(10)7-19-6-5-12(20)16-11(8-21-13)14(17)18/h1-8H,15H2,(H,16,20)(H,17,18). The molecule has 0 aliphatic rings. The molecule has 0 unspecified atom stereocenters. The maximum atomic E-state index is 11.2. The van der Waals surface area contributed by atoms with Crippen LogP contribution in [0.1, 0.15) is 10.5 Å². The molecular weight excluding hydrogens is 308 g/mol. The fourth-order valence-electron chi connectivity index (χ4n) is 1.53. The molecule has 1 aromatic heterocycles. The highest BCUT2D eigenvalue weighted by Crippen LogP contribution is 2.20. The van der Waals surface area contributed by atoms with Gasteiger partial charge in [-0.2, -0.15) is 0 Å². The lowest BCUT2D eigenvalue weighted by atomic mass is 10.2. The molecule has 0 bridgehead atoms. The smallest absolute Gasteiger partial charge is 0.353 e. The van der Waals surface area contributed by atoms with Crippen LogP contribution in [0.25, 0.3) is 10.8 Å². The molecule has 0 saturated heterocycles. The van der Waals surface area contributed by atoms with Crippen LogP contribution in [-0.4, -0.2) is 16.1 Å². The molecule has 0 saturated carbocycles. The first kappa shape index (κ1) is 15.0. The van der Waals surface area contributed by atoms with E-state index < -0.39 is 5.97 Å². The van der Waals surface area contributed by atoms with Gasteiger partial charge in [-0.15, -0.1) is 11.3 Å². The topological polar surface area (TPSA) is 92.3 Å². The Balaban J connectivity index is 2.90. The van der Waals surface area contributed by atoms with Crippen molar-refractivity contribution in [2.24, 2.45) is 0 Å².